The molecule has 0 spiro atoms. The minimum absolute atomic E-state index is 0.0750. The number of alkyl halides is 4. The van der Waals surface area contributed by atoms with E-state index in [4.69, 9.17) is 51.1 Å². The van der Waals surface area contributed by atoms with Crippen LogP contribution in [0.15, 0.2) is 11.1 Å². The second-order valence-electron chi connectivity index (χ2n) is 4.96. The highest BCUT2D eigenvalue weighted by Gasteiger charge is 2.41. The Kier molecular flexibility index (Phi) is 5.28. The molecule has 2 nitrogen and oxygen atoms in total. The van der Waals surface area contributed by atoms with Gasteiger partial charge >= 0.3 is 5.97 Å². The van der Waals surface area contributed by atoms with Gasteiger partial charge < -0.3 is 4.74 Å². The van der Waals surface area contributed by atoms with E-state index in [-0.39, 0.29) is 18.3 Å². The highest BCUT2D eigenvalue weighted by Crippen LogP contribution is 2.46. The molecule has 0 bridgehead atoms. The lowest BCUT2D eigenvalue weighted by Crippen LogP contribution is -2.28. The van der Waals surface area contributed by atoms with Gasteiger partial charge in [-0.15, -0.1) is 11.6 Å². The van der Waals surface area contributed by atoms with E-state index in [0.717, 1.165) is 12.0 Å². The van der Waals surface area contributed by atoms with Crippen molar-refractivity contribution in [3.05, 3.63) is 11.1 Å². The Morgan fingerprint density at radius 1 is 1.33 bits per heavy atom. The number of esters is 1. The largest absolute Gasteiger partial charge is 0.466 e. The highest BCUT2D eigenvalue weighted by molar-refractivity contribution is 6.67. The summed E-state index contributed by atoms with van der Waals surface area (Å²) in [7, 11) is 1.35. The molecule has 0 aromatic rings. The lowest BCUT2D eigenvalue weighted by atomic mass is 9.88. The van der Waals surface area contributed by atoms with Crippen molar-refractivity contribution in [1.29, 1.82) is 0 Å². The number of carbonyl (C=O) groups excluding carboxylic acids is 1. The molecule has 1 aliphatic carbocycles. The van der Waals surface area contributed by atoms with Crippen LogP contribution < -0.4 is 0 Å². The minimum atomic E-state index is -1.40. The third-order valence-electron chi connectivity index (χ3n) is 3.11. The Morgan fingerprint density at radius 2 is 1.89 bits per heavy atom. The number of hydrogen-bond donors (Lipinski definition) is 0. The van der Waals surface area contributed by atoms with Crippen LogP contribution in [0, 0.1) is 5.92 Å². The summed E-state index contributed by atoms with van der Waals surface area (Å²) in [6.07, 6.45) is 1.71. The predicted octanol–water partition coefficient (Wildman–Crippen LogP) is 4.64. The standard InChI is InChI=1S/C12H16Cl4O2/c1-11(2,13)8-5-4-7(6-12(14,15)16)9(8)10(17)18-3/h8H,4-6H2,1-3H3. The van der Waals surface area contributed by atoms with Gasteiger partial charge in [0.15, 0.2) is 3.79 Å². The lowest BCUT2D eigenvalue weighted by Gasteiger charge is -2.26. The number of allylic oxidation sites excluding steroid dienone is 1. The Hall–Kier alpha value is 0.370. The topological polar surface area (TPSA) is 26.3 Å². The highest BCUT2D eigenvalue weighted by atomic mass is 35.6. The first kappa shape index (κ1) is 16.4. The monoisotopic (exact) mass is 332 g/mol. The third-order valence-corrected chi connectivity index (χ3v) is 3.78. The van der Waals surface area contributed by atoms with Gasteiger partial charge in [-0.25, -0.2) is 4.79 Å². The third kappa shape index (κ3) is 4.19. The fourth-order valence-corrected chi connectivity index (χ4v) is 3.05. The van der Waals surface area contributed by atoms with Crippen LogP contribution in [0.1, 0.15) is 33.1 Å². The molecule has 0 aromatic heterocycles. The first-order chi connectivity index (χ1) is 8.06. The van der Waals surface area contributed by atoms with Crippen molar-refractivity contribution < 1.29 is 9.53 Å². The van der Waals surface area contributed by atoms with Crippen LogP contribution in [-0.2, 0) is 9.53 Å². The van der Waals surface area contributed by atoms with E-state index < -0.39 is 8.67 Å². The first-order valence-electron chi connectivity index (χ1n) is 5.62. The van der Waals surface area contributed by atoms with E-state index in [9.17, 15) is 4.79 Å². The molecule has 104 valence electrons. The normalized spacial score (nSPS) is 21.4. The maximum Gasteiger partial charge on any atom is 0.334 e. The summed E-state index contributed by atoms with van der Waals surface area (Å²) in [4.78, 5) is 11.4. The van der Waals surface area contributed by atoms with Gasteiger partial charge in [-0.2, -0.15) is 0 Å². The van der Waals surface area contributed by atoms with Gasteiger partial charge in [-0.3, -0.25) is 0 Å². The molecule has 0 fully saturated rings. The molecule has 0 aliphatic heterocycles. The fourth-order valence-electron chi connectivity index (χ4n) is 2.35. The Morgan fingerprint density at radius 3 is 2.28 bits per heavy atom. The lowest BCUT2D eigenvalue weighted by molar-refractivity contribution is -0.136. The van der Waals surface area contributed by atoms with Gasteiger partial charge in [0.25, 0.3) is 0 Å². The average molecular weight is 334 g/mol. The van der Waals surface area contributed by atoms with Crippen LogP contribution in [-0.4, -0.2) is 21.7 Å². The van der Waals surface area contributed by atoms with E-state index in [1.165, 1.54) is 7.11 Å². The zero-order chi connectivity index (χ0) is 14.1. The number of rotatable bonds is 3. The first-order valence-corrected chi connectivity index (χ1v) is 7.13. The Labute approximate surface area is 128 Å². The summed E-state index contributed by atoms with van der Waals surface area (Å²) >= 11 is 23.7. The van der Waals surface area contributed by atoms with E-state index in [1.54, 1.807) is 0 Å². The summed E-state index contributed by atoms with van der Waals surface area (Å²) in [6.45, 7) is 3.75. The molecule has 1 unspecified atom stereocenters. The smallest absolute Gasteiger partial charge is 0.334 e. The van der Waals surface area contributed by atoms with Crippen LogP contribution in [0.4, 0.5) is 0 Å². The zero-order valence-corrected chi connectivity index (χ0v) is 13.6. The average Bonchev–Trinajstić information content (AvgIpc) is 2.57. The quantitative estimate of drug-likeness (QED) is 0.555. The van der Waals surface area contributed by atoms with Crippen molar-refractivity contribution in [3.63, 3.8) is 0 Å². The Balaban J connectivity index is 3.11. The summed E-state index contributed by atoms with van der Waals surface area (Å²) in [5.41, 5.74) is 1.41. The molecule has 0 amide bonds. The van der Waals surface area contributed by atoms with Gasteiger partial charge in [0, 0.05) is 22.8 Å². The maximum absolute atomic E-state index is 11.9. The molecular formula is C12H16Cl4O2. The Bertz CT molecular complexity index is 363. The number of ether oxygens (including phenoxy) is 1. The molecule has 0 saturated heterocycles. The molecule has 0 saturated carbocycles. The van der Waals surface area contributed by atoms with Crippen molar-refractivity contribution in [1.82, 2.24) is 0 Å². The van der Waals surface area contributed by atoms with Crippen LogP contribution in [0.25, 0.3) is 0 Å². The molecule has 1 rings (SSSR count). The zero-order valence-electron chi connectivity index (χ0n) is 10.5. The van der Waals surface area contributed by atoms with Crippen molar-refractivity contribution in [2.45, 2.75) is 41.8 Å². The van der Waals surface area contributed by atoms with Crippen LogP contribution in [0.3, 0.4) is 0 Å². The second-order valence-corrected chi connectivity index (χ2v) is 8.45. The minimum Gasteiger partial charge on any atom is -0.466 e. The van der Waals surface area contributed by atoms with Gasteiger partial charge in [0.1, 0.15) is 0 Å². The molecular weight excluding hydrogens is 318 g/mol. The second kappa shape index (κ2) is 5.78. The van der Waals surface area contributed by atoms with Gasteiger partial charge in [-0.05, 0) is 26.7 Å². The van der Waals surface area contributed by atoms with Crippen molar-refractivity contribution in [2.75, 3.05) is 7.11 Å². The molecule has 0 radical (unpaired) electrons. The molecule has 1 atom stereocenters. The van der Waals surface area contributed by atoms with Crippen LogP contribution in [0.2, 0.25) is 0 Å². The molecule has 18 heavy (non-hydrogen) atoms. The van der Waals surface area contributed by atoms with Crippen LogP contribution in [0.5, 0.6) is 0 Å². The van der Waals surface area contributed by atoms with E-state index >= 15 is 0 Å². The van der Waals surface area contributed by atoms with E-state index in [1.807, 2.05) is 13.8 Å². The summed E-state index contributed by atoms with van der Waals surface area (Å²) in [6, 6.07) is 0. The number of carbonyl (C=O) groups is 1. The van der Waals surface area contributed by atoms with Crippen molar-refractivity contribution in [2.24, 2.45) is 5.92 Å². The summed E-state index contributed by atoms with van der Waals surface area (Å²) in [5.74, 6) is -0.454. The summed E-state index contributed by atoms with van der Waals surface area (Å²) < 4.78 is 3.42. The number of halogens is 4. The van der Waals surface area contributed by atoms with Crippen molar-refractivity contribution in [3.8, 4) is 0 Å². The van der Waals surface area contributed by atoms with Gasteiger partial charge in [0.2, 0.25) is 0 Å². The predicted molar refractivity (Wildman–Crippen MR) is 76.6 cm³/mol. The number of methoxy groups -OCH3 is 1. The molecule has 0 aromatic carbocycles. The fraction of sp³-hybridized carbons (Fsp3) is 0.750. The summed E-state index contributed by atoms with van der Waals surface area (Å²) in [5, 5.41) is 0. The molecule has 1 aliphatic rings. The SMILES string of the molecule is COC(=O)C1=C(CC(Cl)(Cl)Cl)CCC1C(C)(C)Cl. The van der Waals surface area contributed by atoms with Gasteiger partial charge in [-0.1, -0.05) is 40.4 Å². The van der Waals surface area contributed by atoms with Crippen LogP contribution >= 0.6 is 46.4 Å². The molecule has 6 heteroatoms. The van der Waals surface area contributed by atoms with Gasteiger partial charge in [0.05, 0.1) is 7.11 Å². The molecule has 0 heterocycles. The van der Waals surface area contributed by atoms with E-state index in [2.05, 4.69) is 0 Å². The van der Waals surface area contributed by atoms with E-state index in [0.29, 0.717) is 12.0 Å². The maximum atomic E-state index is 11.9. The van der Waals surface area contributed by atoms with Crippen molar-refractivity contribution >= 4 is 52.4 Å². The molecule has 0 N–H and O–H groups in total. The number of hydrogen-bond acceptors (Lipinski definition) is 2.